The first-order valence-electron chi connectivity index (χ1n) is 4.21. The summed E-state index contributed by atoms with van der Waals surface area (Å²) >= 11 is 5.70. The van der Waals surface area contributed by atoms with E-state index in [-0.39, 0.29) is 10.9 Å². The molecule has 0 fully saturated rings. The molecule has 1 unspecified atom stereocenters. The molecule has 0 saturated carbocycles. The third-order valence-corrected chi connectivity index (χ3v) is 1.76. The number of aromatic nitrogens is 1. The van der Waals surface area contributed by atoms with Crippen molar-refractivity contribution in [1.82, 2.24) is 4.98 Å². The highest BCUT2D eigenvalue weighted by molar-refractivity contribution is 6.20. The Labute approximate surface area is 86.3 Å². The highest BCUT2D eigenvalue weighted by Gasteiger charge is 2.06. The maximum Gasteiger partial charge on any atom is 0.265 e. The molecule has 0 radical (unpaired) electrons. The number of nitrogens with zero attached hydrogens (tertiary/aromatic N) is 1. The molecule has 78 valence electrons. The van der Waals surface area contributed by atoms with Gasteiger partial charge in [0.1, 0.15) is 5.82 Å². The molecule has 0 bridgehead atoms. The molecule has 0 aliphatic rings. The molecule has 14 heavy (non-hydrogen) atoms. The van der Waals surface area contributed by atoms with Crippen molar-refractivity contribution in [3.05, 3.63) is 23.9 Å². The van der Waals surface area contributed by atoms with Gasteiger partial charge in [-0.2, -0.15) is 0 Å². The number of halogens is 3. The molecule has 0 aromatic carbocycles. The maximum atomic E-state index is 12.1. The third kappa shape index (κ3) is 3.46. The van der Waals surface area contributed by atoms with Crippen LogP contribution in [0, 0.1) is 0 Å². The molecule has 1 atom stereocenters. The first-order chi connectivity index (χ1) is 6.59. The predicted molar refractivity (Wildman–Crippen MR) is 53.0 cm³/mol. The summed E-state index contributed by atoms with van der Waals surface area (Å²) in [5.41, 5.74) is -0.0746. The Kier molecular flexibility index (Phi) is 4.07. The largest absolute Gasteiger partial charge is 0.369 e. The normalized spacial score (nSPS) is 12.9. The van der Waals surface area contributed by atoms with Crippen LogP contribution in [-0.2, 0) is 0 Å². The van der Waals surface area contributed by atoms with Gasteiger partial charge in [0.25, 0.3) is 6.43 Å². The molecule has 0 aliphatic carbocycles. The topological polar surface area (TPSA) is 24.9 Å². The molecule has 0 spiro atoms. The Morgan fingerprint density at radius 2 is 2.21 bits per heavy atom. The van der Waals surface area contributed by atoms with E-state index in [1.54, 1.807) is 0 Å². The van der Waals surface area contributed by atoms with Crippen molar-refractivity contribution in [2.24, 2.45) is 0 Å². The zero-order valence-corrected chi connectivity index (χ0v) is 8.43. The lowest BCUT2D eigenvalue weighted by Gasteiger charge is -2.07. The molecule has 1 N–H and O–H groups in total. The lowest BCUT2D eigenvalue weighted by molar-refractivity contribution is 0.151. The molecule has 0 amide bonds. The molecule has 0 aliphatic heterocycles. The first kappa shape index (κ1) is 11.2. The van der Waals surface area contributed by atoms with E-state index in [1.165, 1.54) is 12.1 Å². The number of alkyl halides is 3. The van der Waals surface area contributed by atoms with Crippen LogP contribution in [0.1, 0.15) is 18.9 Å². The van der Waals surface area contributed by atoms with Crippen LogP contribution in [0.5, 0.6) is 0 Å². The fourth-order valence-corrected chi connectivity index (χ4v) is 0.961. The van der Waals surface area contributed by atoms with Crippen molar-refractivity contribution in [3.63, 3.8) is 0 Å². The standard InChI is InChI=1S/C9H11ClF2N2/c1-6(10)4-13-8-3-2-7(5-14-8)9(11)12/h2-3,5-6,9H,4H2,1H3,(H,13,14). The van der Waals surface area contributed by atoms with Crippen molar-refractivity contribution in [2.75, 3.05) is 11.9 Å². The monoisotopic (exact) mass is 220 g/mol. The molecule has 1 rings (SSSR count). The van der Waals surface area contributed by atoms with Crippen LogP contribution in [0.3, 0.4) is 0 Å². The quantitative estimate of drug-likeness (QED) is 0.789. The number of pyridine rings is 1. The molecule has 1 aromatic rings. The van der Waals surface area contributed by atoms with Crippen LogP contribution in [0.2, 0.25) is 0 Å². The zero-order valence-electron chi connectivity index (χ0n) is 7.67. The average molecular weight is 221 g/mol. The highest BCUT2D eigenvalue weighted by Crippen LogP contribution is 2.18. The fraction of sp³-hybridized carbons (Fsp3) is 0.444. The van der Waals surface area contributed by atoms with Gasteiger partial charge in [-0.15, -0.1) is 11.6 Å². The fourth-order valence-electron chi connectivity index (χ4n) is 0.884. The van der Waals surface area contributed by atoms with E-state index in [4.69, 9.17) is 11.6 Å². The molecular formula is C9H11ClF2N2. The van der Waals surface area contributed by atoms with Crippen LogP contribution in [0.15, 0.2) is 18.3 Å². The lowest BCUT2D eigenvalue weighted by Crippen LogP contribution is -2.11. The minimum atomic E-state index is -2.47. The van der Waals surface area contributed by atoms with Crippen LogP contribution in [0.25, 0.3) is 0 Å². The van der Waals surface area contributed by atoms with Crippen molar-refractivity contribution < 1.29 is 8.78 Å². The maximum absolute atomic E-state index is 12.1. The SMILES string of the molecule is CC(Cl)CNc1ccc(C(F)F)cn1. The molecule has 5 heteroatoms. The second-order valence-corrected chi connectivity index (χ2v) is 3.68. The Morgan fingerprint density at radius 3 is 2.64 bits per heavy atom. The molecule has 1 heterocycles. The minimum absolute atomic E-state index is 0.0217. The van der Waals surface area contributed by atoms with Gasteiger partial charge in [-0.05, 0) is 19.1 Å². The molecule has 0 saturated heterocycles. The van der Waals surface area contributed by atoms with E-state index < -0.39 is 6.43 Å². The van der Waals surface area contributed by atoms with Gasteiger partial charge in [0, 0.05) is 23.7 Å². The molecular weight excluding hydrogens is 210 g/mol. The summed E-state index contributed by atoms with van der Waals surface area (Å²) in [6, 6.07) is 2.86. The van der Waals surface area contributed by atoms with Gasteiger partial charge >= 0.3 is 0 Å². The van der Waals surface area contributed by atoms with Gasteiger partial charge in [0.15, 0.2) is 0 Å². The average Bonchev–Trinajstić information content (AvgIpc) is 2.15. The van der Waals surface area contributed by atoms with Gasteiger partial charge in [-0.25, -0.2) is 13.8 Å². The number of nitrogens with one attached hydrogen (secondary N) is 1. The van der Waals surface area contributed by atoms with Crippen molar-refractivity contribution in [1.29, 1.82) is 0 Å². The summed E-state index contributed by atoms with van der Waals surface area (Å²) < 4.78 is 24.3. The van der Waals surface area contributed by atoms with E-state index in [0.29, 0.717) is 12.4 Å². The summed E-state index contributed by atoms with van der Waals surface area (Å²) in [5, 5.41) is 2.90. The summed E-state index contributed by atoms with van der Waals surface area (Å²) in [6.07, 6.45) is -1.31. The van der Waals surface area contributed by atoms with Crippen LogP contribution < -0.4 is 5.32 Å². The summed E-state index contributed by atoms with van der Waals surface area (Å²) in [7, 11) is 0. The summed E-state index contributed by atoms with van der Waals surface area (Å²) in [5.74, 6) is 0.557. The Hall–Kier alpha value is -0.900. The summed E-state index contributed by atoms with van der Waals surface area (Å²) in [4.78, 5) is 3.82. The number of rotatable bonds is 4. The van der Waals surface area contributed by atoms with E-state index in [1.807, 2.05) is 6.92 Å². The number of anilines is 1. The first-order valence-corrected chi connectivity index (χ1v) is 4.65. The smallest absolute Gasteiger partial charge is 0.265 e. The second kappa shape index (κ2) is 5.10. The van der Waals surface area contributed by atoms with Gasteiger partial charge in [-0.1, -0.05) is 0 Å². The minimum Gasteiger partial charge on any atom is -0.369 e. The Morgan fingerprint density at radius 1 is 1.50 bits per heavy atom. The van der Waals surface area contributed by atoms with Gasteiger partial charge in [-0.3, -0.25) is 0 Å². The highest BCUT2D eigenvalue weighted by atomic mass is 35.5. The molecule has 1 aromatic heterocycles. The zero-order chi connectivity index (χ0) is 10.6. The van der Waals surface area contributed by atoms with Crippen molar-refractivity contribution in [3.8, 4) is 0 Å². The van der Waals surface area contributed by atoms with Crippen molar-refractivity contribution in [2.45, 2.75) is 18.7 Å². The van der Waals surface area contributed by atoms with Crippen LogP contribution in [-0.4, -0.2) is 16.9 Å². The Balaban J connectivity index is 2.55. The molecule has 2 nitrogen and oxygen atoms in total. The third-order valence-electron chi connectivity index (χ3n) is 1.60. The van der Waals surface area contributed by atoms with E-state index in [2.05, 4.69) is 10.3 Å². The van der Waals surface area contributed by atoms with Gasteiger partial charge < -0.3 is 5.32 Å². The van der Waals surface area contributed by atoms with E-state index >= 15 is 0 Å². The number of hydrogen-bond acceptors (Lipinski definition) is 2. The van der Waals surface area contributed by atoms with E-state index in [9.17, 15) is 8.78 Å². The summed E-state index contributed by atoms with van der Waals surface area (Å²) in [6.45, 7) is 2.39. The second-order valence-electron chi connectivity index (χ2n) is 2.94. The van der Waals surface area contributed by atoms with Crippen LogP contribution in [0.4, 0.5) is 14.6 Å². The van der Waals surface area contributed by atoms with Crippen molar-refractivity contribution >= 4 is 17.4 Å². The van der Waals surface area contributed by atoms with Gasteiger partial charge in [0.2, 0.25) is 0 Å². The predicted octanol–water partition coefficient (Wildman–Crippen LogP) is 3.06. The Bertz CT molecular complexity index is 275. The van der Waals surface area contributed by atoms with E-state index in [0.717, 1.165) is 6.20 Å². The number of hydrogen-bond donors (Lipinski definition) is 1. The lowest BCUT2D eigenvalue weighted by atomic mass is 10.3. The van der Waals surface area contributed by atoms with Crippen LogP contribution >= 0.6 is 11.6 Å². The van der Waals surface area contributed by atoms with Gasteiger partial charge in [0.05, 0.1) is 0 Å².